The lowest BCUT2D eigenvalue weighted by atomic mass is 9.83. The molecule has 0 atom stereocenters. The Morgan fingerprint density at radius 1 is 1.40 bits per heavy atom. The topological polar surface area (TPSA) is 58.2 Å². The lowest BCUT2D eigenvalue weighted by molar-refractivity contribution is 0.297. The van der Waals surface area contributed by atoms with Gasteiger partial charge in [-0.15, -0.1) is 11.3 Å². The first-order valence-corrected chi connectivity index (χ1v) is 9.65. The molecule has 0 amide bonds. The van der Waals surface area contributed by atoms with Crippen molar-refractivity contribution in [3.05, 3.63) is 16.3 Å². The molecular formula is C14H24N2O2S2. The molecule has 0 bridgehead atoms. The van der Waals surface area contributed by atoms with Crippen LogP contribution < -0.4 is 10.0 Å². The van der Waals surface area contributed by atoms with Crippen molar-refractivity contribution in [1.82, 2.24) is 10.0 Å². The lowest BCUT2D eigenvalue weighted by Crippen LogP contribution is -2.29. The first-order chi connectivity index (χ1) is 9.49. The molecule has 0 aromatic carbocycles. The van der Waals surface area contributed by atoms with Gasteiger partial charge in [0.05, 0.1) is 4.90 Å². The summed E-state index contributed by atoms with van der Waals surface area (Å²) in [6, 6.07) is 2.05. The summed E-state index contributed by atoms with van der Waals surface area (Å²) >= 11 is 1.49. The Bertz CT molecular complexity index is 519. The van der Waals surface area contributed by atoms with E-state index in [0.717, 1.165) is 17.2 Å². The van der Waals surface area contributed by atoms with Gasteiger partial charge in [-0.1, -0.05) is 33.1 Å². The van der Waals surface area contributed by atoms with Crippen molar-refractivity contribution in [2.45, 2.75) is 57.0 Å². The van der Waals surface area contributed by atoms with Crippen LogP contribution in [0.5, 0.6) is 0 Å². The van der Waals surface area contributed by atoms with Crippen molar-refractivity contribution < 1.29 is 8.42 Å². The zero-order valence-corrected chi connectivity index (χ0v) is 13.8. The highest BCUT2D eigenvalue weighted by Crippen LogP contribution is 2.29. The molecule has 1 aliphatic rings. The lowest BCUT2D eigenvalue weighted by Gasteiger charge is -2.25. The normalized spacial score (nSPS) is 16.6. The summed E-state index contributed by atoms with van der Waals surface area (Å²) in [7, 11) is -3.35. The molecule has 114 valence electrons. The fraction of sp³-hybridized carbons (Fsp3) is 0.714. The van der Waals surface area contributed by atoms with E-state index in [0.29, 0.717) is 24.0 Å². The second-order valence-electron chi connectivity index (χ2n) is 5.73. The van der Waals surface area contributed by atoms with Crippen LogP contribution in [0.2, 0.25) is 0 Å². The molecule has 1 aromatic heterocycles. The van der Waals surface area contributed by atoms with E-state index in [1.54, 1.807) is 6.07 Å². The van der Waals surface area contributed by atoms with Crippen molar-refractivity contribution in [1.29, 1.82) is 0 Å². The summed E-state index contributed by atoms with van der Waals surface area (Å²) in [5.41, 5.74) is 0. The highest BCUT2D eigenvalue weighted by molar-refractivity contribution is 7.89. The smallest absolute Gasteiger partial charge is 0.241 e. The Morgan fingerprint density at radius 2 is 2.15 bits per heavy atom. The number of hydrogen-bond donors (Lipinski definition) is 2. The average molecular weight is 316 g/mol. The van der Waals surface area contributed by atoms with Gasteiger partial charge in [0.1, 0.15) is 0 Å². The predicted molar refractivity (Wildman–Crippen MR) is 83.4 cm³/mol. The molecule has 1 fully saturated rings. The number of sulfonamides is 1. The average Bonchev–Trinajstić information content (AvgIpc) is 2.78. The Morgan fingerprint density at radius 3 is 2.75 bits per heavy atom. The third-order valence-electron chi connectivity index (χ3n) is 3.73. The van der Waals surface area contributed by atoms with Gasteiger partial charge in [0.15, 0.2) is 0 Å². The summed E-state index contributed by atoms with van der Waals surface area (Å²) in [6.07, 6.45) is 4.77. The maximum absolute atomic E-state index is 12.3. The second-order valence-corrected chi connectivity index (χ2v) is 8.46. The quantitative estimate of drug-likeness (QED) is 0.775. The molecule has 2 N–H and O–H groups in total. The predicted octanol–water partition coefficient (Wildman–Crippen LogP) is 2.71. The summed E-state index contributed by atoms with van der Waals surface area (Å²) in [6.45, 7) is 5.27. The van der Waals surface area contributed by atoms with Crippen molar-refractivity contribution in [3.8, 4) is 0 Å². The Kier molecular flexibility index (Phi) is 5.60. The second kappa shape index (κ2) is 7.02. The van der Waals surface area contributed by atoms with Crippen molar-refractivity contribution in [2.75, 3.05) is 6.54 Å². The van der Waals surface area contributed by atoms with Gasteiger partial charge in [0, 0.05) is 24.0 Å². The summed E-state index contributed by atoms with van der Waals surface area (Å²) in [4.78, 5) is 1.32. The van der Waals surface area contributed by atoms with E-state index >= 15 is 0 Å². The molecule has 0 unspecified atom stereocenters. The molecule has 0 radical (unpaired) electrons. The van der Waals surface area contributed by atoms with Gasteiger partial charge in [0.25, 0.3) is 0 Å². The van der Waals surface area contributed by atoms with Crippen LogP contribution in [0.25, 0.3) is 0 Å². The fourth-order valence-corrected chi connectivity index (χ4v) is 4.69. The van der Waals surface area contributed by atoms with Crippen molar-refractivity contribution >= 4 is 21.4 Å². The van der Waals surface area contributed by atoms with Crippen LogP contribution in [0.4, 0.5) is 0 Å². The van der Waals surface area contributed by atoms with Crippen molar-refractivity contribution in [2.24, 2.45) is 5.92 Å². The number of rotatable bonds is 8. The van der Waals surface area contributed by atoms with E-state index < -0.39 is 10.0 Å². The number of nitrogens with one attached hydrogen (secondary N) is 2. The van der Waals surface area contributed by atoms with E-state index in [1.165, 1.54) is 30.6 Å². The van der Waals surface area contributed by atoms with Gasteiger partial charge < -0.3 is 5.32 Å². The van der Waals surface area contributed by atoms with Gasteiger partial charge in [-0.25, -0.2) is 13.1 Å². The van der Waals surface area contributed by atoms with Crippen LogP contribution in [0.1, 0.15) is 44.4 Å². The summed E-state index contributed by atoms with van der Waals surface area (Å²) in [5, 5.41) is 5.12. The highest BCUT2D eigenvalue weighted by Gasteiger charge is 2.21. The van der Waals surface area contributed by atoms with Crippen LogP contribution in [0.15, 0.2) is 16.3 Å². The van der Waals surface area contributed by atoms with Crippen LogP contribution in [-0.4, -0.2) is 21.0 Å². The van der Waals surface area contributed by atoms with Crippen molar-refractivity contribution in [3.63, 3.8) is 0 Å². The van der Waals surface area contributed by atoms with E-state index in [1.807, 2.05) is 5.38 Å². The molecule has 1 aliphatic carbocycles. The van der Waals surface area contributed by atoms with Gasteiger partial charge >= 0.3 is 0 Å². The molecule has 0 saturated heterocycles. The maximum atomic E-state index is 12.3. The molecule has 0 spiro atoms. The molecule has 4 nitrogen and oxygen atoms in total. The van der Waals surface area contributed by atoms with Gasteiger partial charge in [-0.05, 0) is 23.8 Å². The first-order valence-electron chi connectivity index (χ1n) is 7.28. The van der Waals surface area contributed by atoms with E-state index in [-0.39, 0.29) is 0 Å². The van der Waals surface area contributed by atoms with Crippen LogP contribution in [0.3, 0.4) is 0 Å². The van der Waals surface area contributed by atoms with E-state index in [4.69, 9.17) is 0 Å². The SMILES string of the molecule is CC(C)NCc1sccc1S(=O)(=O)NCCC1CCC1. The third-order valence-corrected chi connectivity index (χ3v) is 6.33. The highest BCUT2D eigenvalue weighted by atomic mass is 32.2. The zero-order valence-electron chi connectivity index (χ0n) is 12.2. The fourth-order valence-electron chi connectivity index (χ4n) is 2.25. The zero-order chi connectivity index (χ0) is 14.6. The standard InChI is InChI=1S/C14H24N2O2S2/c1-11(2)15-10-13-14(7-9-19-13)20(17,18)16-8-6-12-4-3-5-12/h7,9,11-12,15-16H,3-6,8,10H2,1-2H3. The van der Waals surface area contributed by atoms with E-state index in [9.17, 15) is 8.42 Å². The third kappa shape index (κ3) is 4.28. The van der Waals surface area contributed by atoms with Gasteiger partial charge in [-0.3, -0.25) is 0 Å². The van der Waals surface area contributed by atoms with Crippen LogP contribution in [-0.2, 0) is 16.6 Å². The largest absolute Gasteiger partial charge is 0.310 e. The molecule has 1 heterocycles. The Labute approximate surface area is 126 Å². The molecule has 1 saturated carbocycles. The molecule has 0 aliphatic heterocycles. The summed E-state index contributed by atoms with van der Waals surface area (Å²) in [5.74, 6) is 0.724. The minimum absolute atomic E-state index is 0.347. The van der Waals surface area contributed by atoms with Gasteiger partial charge in [-0.2, -0.15) is 0 Å². The molecular weight excluding hydrogens is 292 g/mol. The Balaban J connectivity index is 1.92. The molecule has 6 heteroatoms. The molecule has 20 heavy (non-hydrogen) atoms. The molecule has 2 rings (SSSR count). The first kappa shape index (κ1) is 15.9. The van der Waals surface area contributed by atoms with E-state index in [2.05, 4.69) is 23.9 Å². The van der Waals surface area contributed by atoms with Crippen LogP contribution in [0, 0.1) is 5.92 Å². The van der Waals surface area contributed by atoms with Crippen LogP contribution >= 0.6 is 11.3 Å². The van der Waals surface area contributed by atoms with Gasteiger partial charge in [0.2, 0.25) is 10.0 Å². The minimum Gasteiger partial charge on any atom is -0.310 e. The number of thiophene rings is 1. The molecule has 1 aromatic rings. The monoisotopic (exact) mass is 316 g/mol. The summed E-state index contributed by atoms with van der Waals surface area (Å²) < 4.78 is 27.4. The number of hydrogen-bond acceptors (Lipinski definition) is 4. The maximum Gasteiger partial charge on any atom is 0.241 e. The minimum atomic E-state index is -3.35. The Hall–Kier alpha value is -0.430.